The minimum Gasteiger partial charge on any atom is -0.381 e. The summed E-state index contributed by atoms with van der Waals surface area (Å²) in [5.41, 5.74) is 3.83. The summed E-state index contributed by atoms with van der Waals surface area (Å²) < 4.78 is 0. The number of rotatable bonds is 2. The van der Waals surface area contributed by atoms with Gasteiger partial charge in [-0.1, -0.05) is 53.6 Å². The van der Waals surface area contributed by atoms with Crippen molar-refractivity contribution >= 4 is 10.9 Å². The zero-order valence-electron chi connectivity index (χ0n) is 12.6. The zero-order valence-corrected chi connectivity index (χ0v) is 12.6. The molecule has 1 N–H and O–H groups in total. The van der Waals surface area contributed by atoms with Gasteiger partial charge in [0.25, 0.3) is 0 Å². The Morgan fingerprint density at radius 2 is 1.62 bits per heavy atom. The molecule has 0 spiro atoms. The van der Waals surface area contributed by atoms with E-state index in [-0.39, 0.29) is 0 Å². The molecular weight excluding hydrogens is 258 g/mol. The molecule has 106 valence electrons. The van der Waals surface area contributed by atoms with Crippen molar-refractivity contribution in [2.45, 2.75) is 26.4 Å². The zero-order chi connectivity index (χ0) is 15.0. The third kappa shape index (κ3) is 2.43. The van der Waals surface area contributed by atoms with Gasteiger partial charge >= 0.3 is 0 Å². The molecule has 0 saturated carbocycles. The second-order valence-electron chi connectivity index (χ2n) is 5.83. The number of nitrogens with zero attached hydrogens (tertiary/aromatic N) is 1. The predicted molar refractivity (Wildman–Crippen MR) is 86.3 cm³/mol. The molecule has 0 fully saturated rings. The lowest BCUT2D eigenvalue weighted by atomic mass is 9.85. The van der Waals surface area contributed by atoms with Crippen molar-refractivity contribution in [2.75, 3.05) is 0 Å². The van der Waals surface area contributed by atoms with Gasteiger partial charge in [-0.2, -0.15) is 0 Å². The largest absolute Gasteiger partial charge is 0.381 e. The number of aromatic nitrogens is 1. The minimum absolute atomic E-state index is 0.839. The van der Waals surface area contributed by atoms with Gasteiger partial charge in [0.2, 0.25) is 0 Å². The summed E-state index contributed by atoms with van der Waals surface area (Å²) in [6, 6.07) is 16.1. The first kappa shape index (κ1) is 13.8. The van der Waals surface area contributed by atoms with E-state index >= 15 is 0 Å². The molecule has 21 heavy (non-hydrogen) atoms. The van der Waals surface area contributed by atoms with Gasteiger partial charge < -0.3 is 5.11 Å². The van der Waals surface area contributed by atoms with Crippen LogP contribution in [0, 0.1) is 13.8 Å². The van der Waals surface area contributed by atoms with Gasteiger partial charge in [0.1, 0.15) is 5.60 Å². The molecule has 2 nitrogen and oxygen atoms in total. The van der Waals surface area contributed by atoms with E-state index in [2.05, 4.69) is 11.1 Å². The van der Waals surface area contributed by atoms with E-state index in [4.69, 9.17) is 0 Å². The molecule has 0 aliphatic rings. The van der Waals surface area contributed by atoms with E-state index in [1.807, 2.05) is 63.2 Å². The van der Waals surface area contributed by atoms with Crippen LogP contribution >= 0.6 is 0 Å². The van der Waals surface area contributed by atoms with Crippen molar-refractivity contribution in [1.82, 2.24) is 4.98 Å². The fourth-order valence-corrected chi connectivity index (χ4v) is 2.91. The van der Waals surface area contributed by atoms with E-state index in [1.165, 1.54) is 0 Å². The first-order valence-electron chi connectivity index (χ1n) is 7.14. The molecule has 2 aromatic carbocycles. The molecule has 0 bridgehead atoms. The lowest BCUT2D eigenvalue weighted by Gasteiger charge is -2.26. The summed E-state index contributed by atoms with van der Waals surface area (Å²) in [6.45, 7) is 5.94. The smallest absolute Gasteiger partial charge is 0.114 e. The van der Waals surface area contributed by atoms with Crippen LogP contribution in [-0.2, 0) is 5.60 Å². The highest BCUT2D eigenvalue weighted by Gasteiger charge is 2.28. The molecule has 0 aliphatic carbocycles. The van der Waals surface area contributed by atoms with Crippen LogP contribution in [0.2, 0.25) is 0 Å². The molecule has 1 heterocycles. The standard InChI is InChI=1S/C19H19NO/c1-13-10-14(2)12-16(11-13)19(3,21)17-8-4-6-15-7-5-9-20-18(15)17/h4-12,21H,1-3H3. The predicted octanol–water partition coefficient (Wildman–Crippen LogP) is 4.11. The molecular formula is C19H19NO. The monoisotopic (exact) mass is 277 g/mol. The third-order valence-corrected chi connectivity index (χ3v) is 3.94. The first-order valence-corrected chi connectivity index (χ1v) is 7.14. The molecule has 0 amide bonds. The number of hydrogen-bond donors (Lipinski definition) is 1. The molecule has 2 heteroatoms. The highest BCUT2D eigenvalue weighted by molar-refractivity contribution is 5.82. The summed E-state index contributed by atoms with van der Waals surface area (Å²) in [7, 11) is 0. The highest BCUT2D eigenvalue weighted by Crippen LogP contribution is 2.34. The maximum atomic E-state index is 11.2. The van der Waals surface area contributed by atoms with Gasteiger partial charge in [0.15, 0.2) is 0 Å². The van der Waals surface area contributed by atoms with Crippen LogP contribution < -0.4 is 0 Å². The Morgan fingerprint density at radius 1 is 0.952 bits per heavy atom. The maximum absolute atomic E-state index is 11.2. The quantitative estimate of drug-likeness (QED) is 0.764. The fraction of sp³-hybridized carbons (Fsp3) is 0.211. The summed E-state index contributed by atoms with van der Waals surface area (Å²) in [5, 5.41) is 12.2. The van der Waals surface area contributed by atoms with E-state index in [0.29, 0.717) is 0 Å². The molecule has 3 aromatic rings. The SMILES string of the molecule is Cc1cc(C)cc(C(C)(O)c2cccc3cccnc23)c1. The van der Waals surface area contributed by atoms with Gasteiger partial charge in [0.05, 0.1) is 5.52 Å². The Hall–Kier alpha value is -2.19. The average Bonchev–Trinajstić information content (AvgIpc) is 2.45. The Kier molecular flexibility index (Phi) is 3.26. The Balaban J connectivity index is 2.24. The van der Waals surface area contributed by atoms with E-state index < -0.39 is 5.60 Å². The number of pyridine rings is 1. The van der Waals surface area contributed by atoms with Crippen molar-refractivity contribution in [3.8, 4) is 0 Å². The van der Waals surface area contributed by atoms with Crippen LogP contribution in [0.3, 0.4) is 0 Å². The number of hydrogen-bond acceptors (Lipinski definition) is 2. The second-order valence-corrected chi connectivity index (χ2v) is 5.83. The van der Waals surface area contributed by atoms with Crippen molar-refractivity contribution in [3.05, 3.63) is 77.0 Å². The Labute approximate surface area is 125 Å². The minimum atomic E-state index is -1.06. The number of aliphatic hydroxyl groups is 1. The number of fused-ring (bicyclic) bond motifs is 1. The molecule has 1 aromatic heterocycles. The van der Waals surface area contributed by atoms with Crippen molar-refractivity contribution in [2.24, 2.45) is 0 Å². The second kappa shape index (κ2) is 4.97. The fourth-order valence-electron chi connectivity index (χ4n) is 2.91. The lowest BCUT2D eigenvalue weighted by Crippen LogP contribution is -2.23. The molecule has 0 radical (unpaired) electrons. The van der Waals surface area contributed by atoms with Crippen LogP contribution in [0.5, 0.6) is 0 Å². The first-order chi connectivity index (χ1) is 9.98. The summed E-state index contributed by atoms with van der Waals surface area (Å²) in [6.07, 6.45) is 1.77. The number of aryl methyl sites for hydroxylation is 2. The van der Waals surface area contributed by atoms with Crippen LogP contribution in [-0.4, -0.2) is 10.1 Å². The van der Waals surface area contributed by atoms with Crippen LogP contribution in [0.4, 0.5) is 0 Å². The summed E-state index contributed by atoms with van der Waals surface area (Å²) in [5.74, 6) is 0. The third-order valence-electron chi connectivity index (χ3n) is 3.94. The highest BCUT2D eigenvalue weighted by atomic mass is 16.3. The van der Waals surface area contributed by atoms with Crippen molar-refractivity contribution < 1.29 is 5.11 Å². The summed E-state index contributed by atoms with van der Waals surface area (Å²) in [4.78, 5) is 4.46. The Morgan fingerprint density at radius 3 is 2.33 bits per heavy atom. The van der Waals surface area contributed by atoms with Gasteiger partial charge in [-0.3, -0.25) is 4.98 Å². The van der Waals surface area contributed by atoms with Crippen molar-refractivity contribution in [3.63, 3.8) is 0 Å². The normalized spacial score (nSPS) is 14.1. The van der Waals surface area contributed by atoms with Crippen molar-refractivity contribution in [1.29, 1.82) is 0 Å². The van der Waals surface area contributed by atoms with E-state index in [0.717, 1.165) is 33.2 Å². The van der Waals surface area contributed by atoms with Gasteiger partial charge in [-0.25, -0.2) is 0 Å². The van der Waals surface area contributed by atoms with E-state index in [1.54, 1.807) is 6.20 Å². The molecule has 3 rings (SSSR count). The van der Waals surface area contributed by atoms with Crippen LogP contribution in [0.15, 0.2) is 54.7 Å². The molecule has 0 aliphatic heterocycles. The van der Waals surface area contributed by atoms with Gasteiger partial charge in [0, 0.05) is 17.1 Å². The summed E-state index contributed by atoms with van der Waals surface area (Å²) >= 11 is 0. The molecule has 0 saturated heterocycles. The average molecular weight is 277 g/mol. The lowest BCUT2D eigenvalue weighted by molar-refractivity contribution is 0.103. The van der Waals surface area contributed by atoms with E-state index in [9.17, 15) is 5.11 Å². The Bertz CT molecular complexity index is 780. The molecule has 1 atom stereocenters. The van der Waals surface area contributed by atoms with Crippen LogP contribution in [0.25, 0.3) is 10.9 Å². The van der Waals surface area contributed by atoms with Gasteiger partial charge in [-0.05, 0) is 32.4 Å². The van der Waals surface area contributed by atoms with Gasteiger partial charge in [-0.15, -0.1) is 0 Å². The molecule has 1 unspecified atom stereocenters. The number of benzene rings is 2. The maximum Gasteiger partial charge on any atom is 0.114 e. The van der Waals surface area contributed by atoms with Crippen LogP contribution in [0.1, 0.15) is 29.2 Å². The topological polar surface area (TPSA) is 33.1 Å². The number of para-hydroxylation sites is 1.